The molecule has 1 aromatic heterocycles. The summed E-state index contributed by atoms with van der Waals surface area (Å²) in [7, 11) is 0. The van der Waals surface area contributed by atoms with Crippen LogP contribution in [-0.4, -0.2) is 14.9 Å². The van der Waals surface area contributed by atoms with Gasteiger partial charge in [0.2, 0.25) is 0 Å². The van der Waals surface area contributed by atoms with Gasteiger partial charge in [-0.1, -0.05) is 6.07 Å². The van der Waals surface area contributed by atoms with Gasteiger partial charge < -0.3 is 9.84 Å². The summed E-state index contributed by atoms with van der Waals surface area (Å²) in [6.07, 6.45) is 3.55. The quantitative estimate of drug-likeness (QED) is 0.881. The zero-order valence-corrected chi connectivity index (χ0v) is 10.1. The minimum absolute atomic E-state index is 0.0554. The van der Waals surface area contributed by atoms with Crippen LogP contribution in [0.4, 0.5) is 0 Å². The first-order chi connectivity index (χ1) is 8.22. The molecule has 2 aromatic rings. The van der Waals surface area contributed by atoms with Gasteiger partial charge in [0.15, 0.2) is 5.75 Å². The Balaban J connectivity index is 2.15. The Morgan fingerprint density at radius 1 is 1.35 bits per heavy atom. The van der Waals surface area contributed by atoms with Crippen molar-refractivity contribution in [2.75, 3.05) is 0 Å². The van der Waals surface area contributed by atoms with Crippen molar-refractivity contribution in [1.29, 1.82) is 0 Å². The molecule has 0 bridgehead atoms. The predicted octanol–water partition coefficient (Wildman–Crippen LogP) is 2.50. The van der Waals surface area contributed by atoms with Gasteiger partial charge in [-0.05, 0) is 37.1 Å². The van der Waals surface area contributed by atoms with Crippen LogP contribution in [0.2, 0.25) is 0 Å². The number of hydrogen-bond acceptors (Lipinski definition) is 3. The second kappa shape index (κ2) is 5.01. The van der Waals surface area contributed by atoms with E-state index in [-0.39, 0.29) is 6.61 Å². The first-order valence-electron chi connectivity index (χ1n) is 5.63. The van der Waals surface area contributed by atoms with E-state index in [0.717, 1.165) is 29.2 Å². The summed E-state index contributed by atoms with van der Waals surface area (Å²) in [5, 5.41) is 13.2. The molecule has 0 unspecified atom stereocenters. The molecule has 0 saturated heterocycles. The van der Waals surface area contributed by atoms with E-state index in [1.807, 2.05) is 42.9 Å². The maximum atomic E-state index is 9.08. The fraction of sp³-hybridized carbons (Fsp3) is 0.308. The van der Waals surface area contributed by atoms with E-state index < -0.39 is 0 Å². The number of aliphatic hydroxyl groups is 1. The second-order valence-electron chi connectivity index (χ2n) is 3.88. The molecule has 0 amide bonds. The minimum Gasteiger partial charge on any atom is -0.454 e. The van der Waals surface area contributed by atoms with Gasteiger partial charge >= 0.3 is 0 Å². The van der Waals surface area contributed by atoms with E-state index in [4.69, 9.17) is 9.84 Å². The molecular weight excluding hydrogens is 216 g/mol. The van der Waals surface area contributed by atoms with Crippen LogP contribution in [0.25, 0.3) is 0 Å². The average molecular weight is 232 g/mol. The Morgan fingerprint density at radius 3 is 2.76 bits per heavy atom. The highest BCUT2D eigenvalue weighted by molar-refractivity contribution is 5.36. The molecule has 1 aromatic carbocycles. The van der Waals surface area contributed by atoms with Crippen LogP contribution in [0.15, 0.2) is 30.6 Å². The third kappa shape index (κ3) is 2.65. The van der Waals surface area contributed by atoms with Gasteiger partial charge in [0.25, 0.3) is 0 Å². The molecule has 4 heteroatoms. The monoisotopic (exact) mass is 232 g/mol. The molecule has 2 rings (SSSR count). The van der Waals surface area contributed by atoms with Crippen LogP contribution in [0.1, 0.15) is 18.1 Å². The first kappa shape index (κ1) is 11.7. The lowest BCUT2D eigenvalue weighted by molar-refractivity contribution is 0.281. The van der Waals surface area contributed by atoms with Crippen molar-refractivity contribution in [3.05, 3.63) is 41.7 Å². The lowest BCUT2D eigenvalue weighted by atomic mass is 10.1. The van der Waals surface area contributed by atoms with Crippen molar-refractivity contribution in [1.82, 2.24) is 9.78 Å². The summed E-state index contributed by atoms with van der Waals surface area (Å²) in [5.41, 5.74) is 1.94. The molecule has 0 aliphatic heterocycles. The van der Waals surface area contributed by atoms with E-state index in [9.17, 15) is 0 Å². The molecule has 0 spiro atoms. The van der Waals surface area contributed by atoms with Gasteiger partial charge in [-0.15, -0.1) is 0 Å². The van der Waals surface area contributed by atoms with E-state index in [2.05, 4.69) is 5.10 Å². The number of nitrogens with zero attached hydrogens (tertiary/aromatic N) is 2. The van der Waals surface area contributed by atoms with E-state index in [0.29, 0.717) is 0 Å². The third-order valence-electron chi connectivity index (χ3n) is 2.65. The lowest BCUT2D eigenvalue weighted by Crippen LogP contribution is -1.92. The van der Waals surface area contributed by atoms with Crippen LogP contribution in [0, 0.1) is 6.92 Å². The zero-order chi connectivity index (χ0) is 12.3. The Labute approximate surface area is 100 Å². The molecule has 1 N–H and O–H groups in total. The molecule has 0 atom stereocenters. The summed E-state index contributed by atoms with van der Waals surface area (Å²) >= 11 is 0. The Hall–Kier alpha value is -1.81. The van der Waals surface area contributed by atoms with E-state index in [1.165, 1.54) is 0 Å². The summed E-state index contributed by atoms with van der Waals surface area (Å²) in [4.78, 5) is 0. The second-order valence-corrected chi connectivity index (χ2v) is 3.88. The van der Waals surface area contributed by atoms with Gasteiger partial charge in [0, 0.05) is 6.54 Å². The van der Waals surface area contributed by atoms with Gasteiger partial charge in [-0.25, -0.2) is 0 Å². The summed E-state index contributed by atoms with van der Waals surface area (Å²) in [5.74, 6) is 1.48. The molecular formula is C13H16N2O2. The van der Waals surface area contributed by atoms with Gasteiger partial charge in [0.1, 0.15) is 5.75 Å². The largest absolute Gasteiger partial charge is 0.454 e. The van der Waals surface area contributed by atoms with Crippen molar-refractivity contribution in [2.24, 2.45) is 0 Å². The average Bonchev–Trinajstić information content (AvgIpc) is 2.77. The molecule has 0 saturated carbocycles. The summed E-state index contributed by atoms with van der Waals surface area (Å²) < 4.78 is 7.49. The number of rotatable bonds is 4. The van der Waals surface area contributed by atoms with Gasteiger partial charge in [0.05, 0.1) is 19.0 Å². The molecule has 17 heavy (non-hydrogen) atoms. The van der Waals surface area contributed by atoms with Gasteiger partial charge in [-0.3, -0.25) is 4.68 Å². The highest BCUT2D eigenvalue weighted by atomic mass is 16.5. The molecule has 0 aliphatic rings. The van der Waals surface area contributed by atoms with E-state index in [1.54, 1.807) is 6.20 Å². The molecule has 0 fully saturated rings. The van der Waals surface area contributed by atoms with E-state index >= 15 is 0 Å². The number of hydrogen-bond donors (Lipinski definition) is 1. The third-order valence-corrected chi connectivity index (χ3v) is 2.65. The molecule has 0 aliphatic carbocycles. The lowest BCUT2D eigenvalue weighted by Gasteiger charge is -2.06. The molecule has 0 radical (unpaired) electrons. The fourth-order valence-corrected chi connectivity index (χ4v) is 1.62. The van der Waals surface area contributed by atoms with Crippen LogP contribution < -0.4 is 4.74 Å². The Kier molecular flexibility index (Phi) is 3.44. The predicted molar refractivity (Wildman–Crippen MR) is 65.1 cm³/mol. The van der Waals surface area contributed by atoms with Crippen molar-refractivity contribution in [3.63, 3.8) is 0 Å². The molecule has 4 nitrogen and oxygen atoms in total. The van der Waals surface area contributed by atoms with Crippen LogP contribution in [-0.2, 0) is 13.2 Å². The van der Waals surface area contributed by atoms with Crippen LogP contribution >= 0.6 is 0 Å². The standard InChI is InChI=1S/C13H16N2O2/c1-3-15-8-13(7-14-15)17-12-5-4-11(9-16)10(2)6-12/h4-8,16H,3,9H2,1-2H3. The van der Waals surface area contributed by atoms with Crippen molar-refractivity contribution in [3.8, 4) is 11.5 Å². The van der Waals surface area contributed by atoms with Crippen molar-refractivity contribution in [2.45, 2.75) is 27.0 Å². The highest BCUT2D eigenvalue weighted by Gasteiger charge is 2.03. The number of ether oxygens (including phenoxy) is 1. The fourth-order valence-electron chi connectivity index (χ4n) is 1.62. The first-order valence-corrected chi connectivity index (χ1v) is 5.63. The smallest absolute Gasteiger partial charge is 0.165 e. The maximum absolute atomic E-state index is 9.08. The number of aryl methyl sites for hydroxylation is 2. The highest BCUT2D eigenvalue weighted by Crippen LogP contribution is 2.23. The van der Waals surface area contributed by atoms with Crippen LogP contribution in [0.5, 0.6) is 11.5 Å². The minimum atomic E-state index is 0.0554. The molecule has 1 heterocycles. The summed E-state index contributed by atoms with van der Waals surface area (Å²) in [6, 6.07) is 5.63. The summed E-state index contributed by atoms with van der Waals surface area (Å²) in [6.45, 7) is 4.86. The maximum Gasteiger partial charge on any atom is 0.165 e. The number of aromatic nitrogens is 2. The number of aliphatic hydroxyl groups excluding tert-OH is 1. The van der Waals surface area contributed by atoms with Crippen molar-refractivity contribution < 1.29 is 9.84 Å². The number of benzene rings is 1. The SMILES string of the molecule is CCn1cc(Oc2ccc(CO)c(C)c2)cn1. The van der Waals surface area contributed by atoms with Crippen molar-refractivity contribution >= 4 is 0 Å². The normalized spacial score (nSPS) is 10.5. The van der Waals surface area contributed by atoms with Crippen LogP contribution in [0.3, 0.4) is 0 Å². The Bertz CT molecular complexity index is 506. The molecule has 90 valence electrons. The van der Waals surface area contributed by atoms with Gasteiger partial charge in [-0.2, -0.15) is 5.10 Å². The topological polar surface area (TPSA) is 47.3 Å². The Morgan fingerprint density at radius 2 is 2.18 bits per heavy atom. The zero-order valence-electron chi connectivity index (χ0n) is 10.1.